The minimum Gasteiger partial charge on any atom is -0.445 e. The number of halogens is 2. The third-order valence-electron chi connectivity index (χ3n) is 6.88. The van der Waals surface area contributed by atoms with Crippen LogP contribution in [0.4, 0.5) is 20.7 Å². The zero-order chi connectivity index (χ0) is 25.8. The van der Waals surface area contributed by atoms with E-state index in [0.29, 0.717) is 35.3 Å². The number of rotatable bonds is 6. The van der Waals surface area contributed by atoms with Crippen molar-refractivity contribution in [2.45, 2.75) is 25.1 Å². The van der Waals surface area contributed by atoms with Crippen LogP contribution in [0.25, 0.3) is 0 Å². The van der Waals surface area contributed by atoms with Crippen molar-refractivity contribution < 1.29 is 18.7 Å². The normalized spacial score (nSPS) is 17.1. The van der Waals surface area contributed by atoms with Crippen molar-refractivity contribution in [3.05, 3.63) is 83.0 Å². The second-order valence-electron chi connectivity index (χ2n) is 9.38. The molecule has 2 fully saturated rings. The largest absolute Gasteiger partial charge is 0.445 e. The summed E-state index contributed by atoms with van der Waals surface area (Å²) in [7, 11) is 0. The first-order valence-electron chi connectivity index (χ1n) is 12.2. The molecule has 192 valence electrons. The van der Waals surface area contributed by atoms with Crippen LogP contribution in [-0.2, 0) is 21.8 Å². The number of hydrogen-bond donors (Lipinski definition) is 1. The minimum atomic E-state index is -1.53. The van der Waals surface area contributed by atoms with Crippen LogP contribution < -0.4 is 10.2 Å². The van der Waals surface area contributed by atoms with Crippen LogP contribution in [0.1, 0.15) is 24.0 Å². The Morgan fingerprint density at radius 2 is 1.70 bits per heavy atom. The first-order chi connectivity index (χ1) is 17.9. The molecule has 37 heavy (non-hydrogen) atoms. The molecule has 1 N–H and O–H groups in total. The summed E-state index contributed by atoms with van der Waals surface area (Å²) in [4.78, 5) is 28.5. The first-order valence-corrected chi connectivity index (χ1v) is 12.6. The number of benzene rings is 2. The van der Waals surface area contributed by atoms with Crippen molar-refractivity contribution >= 4 is 35.1 Å². The molecule has 2 aromatic carbocycles. The molecule has 2 saturated heterocycles. The van der Waals surface area contributed by atoms with Crippen molar-refractivity contribution in [2.24, 2.45) is 5.92 Å². The van der Waals surface area contributed by atoms with Crippen LogP contribution in [0, 0.1) is 5.92 Å². The Labute approximate surface area is 219 Å². The number of anilines is 2. The van der Waals surface area contributed by atoms with Gasteiger partial charge in [-0.05, 0) is 35.4 Å². The maximum Gasteiger partial charge on any atom is 0.410 e. The zero-order valence-corrected chi connectivity index (χ0v) is 20.9. The predicted octanol–water partition coefficient (Wildman–Crippen LogP) is 4.80. The van der Waals surface area contributed by atoms with Gasteiger partial charge in [0.05, 0.1) is 5.92 Å². The first kappa shape index (κ1) is 25.0. The molecule has 0 radical (unpaired) electrons. The summed E-state index contributed by atoms with van der Waals surface area (Å²) in [5.41, 5.74) is 0.528. The number of hydrogen-bond acceptors (Lipinski definition) is 6. The Kier molecular flexibility index (Phi) is 7.23. The highest BCUT2D eigenvalue weighted by atomic mass is 35.5. The molecule has 2 aliphatic heterocycles. The Balaban J connectivity index is 1.09. The summed E-state index contributed by atoms with van der Waals surface area (Å²) in [5.74, 6) is 0.417. The van der Waals surface area contributed by atoms with E-state index < -0.39 is 11.8 Å². The van der Waals surface area contributed by atoms with Crippen LogP contribution >= 0.6 is 11.6 Å². The molecule has 10 heteroatoms. The minimum absolute atomic E-state index is 0.0943. The Hall–Kier alpha value is -3.72. The fraction of sp³-hybridized carbons (Fsp3) is 0.333. The van der Waals surface area contributed by atoms with Gasteiger partial charge < -0.3 is 19.9 Å². The predicted molar refractivity (Wildman–Crippen MR) is 138 cm³/mol. The average molecular weight is 524 g/mol. The summed E-state index contributed by atoms with van der Waals surface area (Å²) in [6.45, 7) is 1.83. The maximum atomic E-state index is 15.7. The number of aromatic nitrogens is 2. The number of piperidine rings is 1. The van der Waals surface area contributed by atoms with Gasteiger partial charge in [0.25, 0.3) is 0 Å². The van der Waals surface area contributed by atoms with E-state index in [-0.39, 0.29) is 44.4 Å². The summed E-state index contributed by atoms with van der Waals surface area (Å²) in [5, 5.41) is 11.1. The number of carbonyl (C=O) groups excluding carboxylic acids is 2. The van der Waals surface area contributed by atoms with Crippen LogP contribution in [0.3, 0.4) is 0 Å². The molecule has 0 aliphatic carbocycles. The van der Waals surface area contributed by atoms with Crippen molar-refractivity contribution in [1.82, 2.24) is 15.1 Å². The fourth-order valence-electron chi connectivity index (χ4n) is 4.55. The van der Waals surface area contributed by atoms with Gasteiger partial charge in [0.2, 0.25) is 5.91 Å². The smallest absolute Gasteiger partial charge is 0.410 e. The quantitative estimate of drug-likeness (QED) is 0.499. The van der Waals surface area contributed by atoms with Gasteiger partial charge in [0.15, 0.2) is 11.0 Å². The molecule has 2 aliphatic rings. The number of alkyl halides is 1. The summed E-state index contributed by atoms with van der Waals surface area (Å²) in [6, 6.07) is 19.7. The van der Waals surface area contributed by atoms with Crippen LogP contribution in [0.2, 0.25) is 5.15 Å². The molecule has 3 heterocycles. The summed E-state index contributed by atoms with van der Waals surface area (Å²) < 4.78 is 21.1. The standard InChI is InChI=1S/C27H27ClFN5O3/c28-23-10-11-24(32-31-23)34-16-20(17-34)25(35)30-22-8-6-21(7-9-22)27(29)12-14-33(15-13-27)26(36)37-18-19-4-2-1-3-5-19/h1-11,20H,12-18H2,(H,30,35). The third-order valence-corrected chi connectivity index (χ3v) is 7.08. The second kappa shape index (κ2) is 10.7. The van der Waals surface area contributed by atoms with Gasteiger partial charge in [0.1, 0.15) is 12.3 Å². The van der Waals surface area contributed by atoms with Gasteiger partial charge in [-0.15, -0.1) is 10.2 Å². The fourth-order valence-corrected chi connectivity index (χ4v) is 4.65. The molecule has 3 aromatic rings. The molecule has 5 rings (SSSR count). The number of nitrogens with zero attached hydrogens (tertiary/aromatic N) is 4. The Bertz CT molecular complexity index is 1230. The lowest BCUT2D eigenvalue weighted by atomic mass is 9.86. The Morgan fingerprint density at radius 3 is 2.35 bits per heavy atom. The van der Waals surface area contributed by atoms with E-state index in [2.05, 4.69) is 15.5 Å². The SMILES string of the molecule is O=C(Nc1ccc(C2(F)CCN(C(=O)OCc3ccccc3)CC2)cc1)C1CN(c2ccc(Cl)nn2)C1. The molecule has 8 nitrogen and oxygen atoms in total. The third kappa shape index (κ3) is 5.83. The molecular formula is C27H27ClFN5O3. The topological polar surface area (TPSA) is 87.7 Å². The lowest BCUT2D eigenvalue weighted by Crippen LogP contribution is -2.52. The molecule has 0 atom stereocenters. The van der Waals surface area contributed by atoms with Gasteiger partial charge in [0, 0.05) is 44.7 Å². The van der Waals surface area contributed by atoms with Crippen LogP contribution in [-0.4, -0.2) is 53.3 Å². The van der Waals surface area contributed by atoms with E-state index in [1.807, 2.05) is 35.2 Å². The van der Waals surface area contributed by atoms with E-state index >= 15 is 4.39 Å². The molecule has 0 saturated carbocycles. The van der Waals surface area contributed by atoms with E-state index in [1.165, 1.54) is 0 Å². The highest BCUT2D eigenvalue weighted by molar-refractivity contribution is 6.29. The van der Waals surface area contributed by atoms with Crippen LogP contribution in [0.15, 0.2) is 66.7 Å². The number of ether oxygens (including phenoxy) is 1. The summed E-state index contributed by atoms with van der Waals surface area (Å²) >= 11 is 5.77. The van der Waals surface area contributed by atoms with E-state index in [0.717, 1.165) is 5.56 Å². The van der Waals surface area contributed by atoms with E-state index in [1.54, 1.807) is 41.3 Å². The molecule has 0 spiro atoms. The van der Waals surface area contributed by atoms with Gasteiger partial charge in [-0.25, -0.2) is 9.18 Å². The highest BCUT2D eigenvalue weighted by Crippen LogP contribution is 2.37. The summed E-state index contributed by atoms with van der Waals surface area (Å²) in [6.07, 6.45) is -0.0587. The average Bonchev–Trinajstić information content (AvgIpc) is 2.89. The number of amides is 2. The maximum absolute atomic E-state index is 15.7. The molecule has 1 aromatic heterocycles. The monoisotopic (exact) mass is 523 g/mol. The van der Waals surface area contributed by atoms with Gasteiger partial charge in [-0.3, -0.25) is 4.79 Å². The van der Waals surface area contributed by atoms with Crippen molar-refractivity contribution in [3.63, 3.8) is 0 Å². The van der Waals surface area contributed by atoms with Crippen molar-refractivity contribution in [1.29, 1.82) is 0 Å². The number of carbonyl (C=O) groups is 2. The number of nitrogens with one attached hydrogen (secondary N) is 1. The van der Waals surface area contributed by atoms with Crippen molar-refractivity contribution in [3.8, 4) is 0 Å². The highest BCUT2D eigenvalue weighted by Gasteiger charge is 2.38. The van der Waals surface area contributed by atoms with Gasteiger partial charge >= 0.3 is 6.09 Å². The number of likely N-dealkylation sites (tertiary alicyclic amines) is 1. The molecule has 2 amide bonds. The van der Waals surface area contributed by atoms with E-state index in [4.69, 9.17) is 16.3 Å². The molecular weight excluding hydrogens is 497 g/mol. The molecule has 0 bridgehead atoms. The second-order valence-corrected chi connectivity index (χ2v) is 9.76. The van der Waals surface area contributed by atoms with E-state index in [9.17, 15) is 9.59 Å². The van der Waals surface area contributed by atoms with Gasteiger partial charge in [-0.1, -0.05) is 54.1 Å². The Morgan fingerprint density at radius 1 is 1.00 bits per heavy atom. The zero-order valence-electron chi connectivity index (χ0n) is 20.1. The lowest BCUT2D eigenvalue weighted by molar-refractivity contribution is -0.120. The lowest BCUT2D eigenvalue weighted by Gasteiger charge is -2.38. The van der Waals surface area contributed by atoms with Crippen molar-refractivity contribution in [2.75, 3.05) is 36.4 Å². The molecule has 0 unspecified atom stereocenters. The van der Waals surface area contributed by atoms with Crippen LogP contribution in [0.5, 0.6) is 0 Å². The van der Waals surface area contributed by atoms with Gasteiger partial charge in [-0.2, -0.15) is 0 Å².